The average Bonchev–Trinajstić information content (AvgIpc) is 2.76. The van der Waals surface area contributed by atoms with Crippen molar-refractivity contribution in [2.24, 2.45) is 5.41 Å². The number of fused-ring (bicyclic) bond motifs is 2. The van der Waals surface area contributed by atoms with E-state index in [2.05, 4.69) is 38.4 Å². The number of hydrogen-bond acceptors (Lipinski definition) is 2. The van der Waals surface area contributed by atoms with Crippen molar-refractivity contribution in [1.29, 1.82) is 0 Å². The number of nitrogen functional groups attached to an aromatic ring is 1. The second-order valence-corrected chi connectivity index (χ2v) is 7.42. The first-order valence-electron chi connectivity index (χ1n) is 7.96. The van der Waals surface area contributed by atoms with Gasteiger partial charge < -0.3 is 15.8 Å². The molecule has 0 unspecified atom stereocenters. The van der Waals surface area contributed by atoms with Crippen molar-refractivity contribution in [2.45, 2.75) is 33.6 Å². The van der Waals surface area contributed by atoms with E-state index in [-0.39, 0.29) is 11.2 Å². The number of anilines is 1. The van der Waals surface area contributed by atoms with Crippen molar-refractivity contribution >= 4 is 16.6 Å². The third-order valence-electron chi connectivity index (χ3n) is 4.18. The smallest absolute Gasteiger partial charge is 0.130 e. The molecule has 3 heteroatoms. The van der Waals surface area contributed by atoms with Crippen molar-refractivity contribution in [1.82, 2.24) is 4.98 Å². The Hall–Kier alpha value is -2.42. The Bertz CT molecular complexity index is 852. The van der Waals surface area contributed by atoms with Gasteiger partial charge in [-0.3, -0.25) is 0 Å². The van der Waals surface area contributed by atoms with Crippen LogP contribution in [-0.4, -0.2) is 10.1 Å². The predicted octanol–water partition coefficient (Wildman–Crippen LogP) is 4.88. The Balaban J connectivity index is 2.31. The van der Waals surface area contributed by atoms with Crippen molar-refractivity contribution in [3.63, 3.8) is 0 Å². The van der Waals surface area contributed by atoms with Gasteiger partial charge in [-0.2, -0.15) is 0 Å². The number of H-pyrrole nitrogens is 1. The fraction of sp³-hybridized carbons (Fsp3) is 0.300. The van der Waals surface area contributed by atoms with Gasteiger partial charge >= 0.3 is 0 Å². The summed E-state index contributed by atoms with van der Waals surface area (Å²) in [5.41, 5.74) is 12.0. The number of pyridine rings is 1. The largest absolute Gasteiger partial charge is 0.507 e. The van der Waals surface area contributed by atoms with Gasteiger partial charge in [-0.25, -0.2) is 0 Å². The summed E-state index contributed by atoms with van der Waals surface area (Å²) < 4.78 is 0. The molecule has 1 aliphatic heterocycles. The number of hydrogen-bond donors (Lipinski definition) is 3. The van der Waals surface area contributed by atoms with Crippen LogP contribution in [0.2, 0.25) is 0 Å². The molecule has 0 atom stereocenters. The lowest BCUT2D eigenvalue weighted by Gasteiger charge is -2.20. The predicted molar refractivity (Wildman–Crippen MR) is 98.1 cm³/mol. The van der Waals surface area contributed by atoms with E-state index in [1.54, 1.807) is 6.08 Å². The third kappa shape index (κ3) is 2.67. The van der Waals surface area contributed by atoms with Crippen LogP contribution >= 0.6 is 0 Å². The lowest BCUT2D eigenvalue weighted by atomic mass is 9.87. The highest BCUT2D eigenvalue weighted by molar-refractivity contribution is 6.03. The van der Waals surface area contributed by atoms with E-state index in [1.807, 2.05) is 18.2 Å². The highest BCUT2D eigenvalue weighted by Gasteiger charge is 2.22. The van der Waals surface area contributed by atoms with E-state index in [0.29, 0.717) is 17.7 Å². The molecule has 0 spiro atoms. The number of aromatic hydroxyl groups is 1. The molecule has 1 aromatic rings. The normalized spacial score (nSPS) is 12.1. The minimum absolute atomic E-state index is 0.188. The number of nitrogens with one attached hydrogen (secondary N) is 1. The first kappa shape index (κ1) is 15.5. The molecule has 0 bridgehead atoms. The van der Waals surface area contributed by atoms with E-state index < -0.39 is 0 Å². The number of benzene rings is 1. The van der Waals surface area contributed by atoms with Crippen LogP contribution in [0, 0.1) is 5.41 Å². The maximum absolute atomic E-state index is 10.5. The summed E-state index contributed by atoms with van der Waals surface area (Å²) in [4.78, 5) is 3.49. The van der Waals surface area contributed by atoms with Crippen molar-refractivity contribution in [3.05, 3.63) is 48.0 Å². The summed E-state index contributed by atoms with van der Waals surface area (Å²) in [6.07, 6.45) is 3.37. The fourth-order valence-electron chi connectivity index (χ4n) is 3.25. The molecule has 120 valence electrons. The number of rotatable bonds is 3. The fourth-order valence-corrected chi connectivity index (χ4v) is 3.25. The zero-order valence-corrected chi connectivity index (χ0v) is 14.0. The topological polar surface area (TPSA) is 62.0 Å². The van der Waals surface area contributed by atoms with Crippen molar-refractivity contribution in [2.75, 3.05) is 5.73 Å². The molecule has 1 aromatic carbocycles. The number of allylic oxidation sites excluding steroid dienone is 1. The highest BCUT2D eigenvalue weighted by Crippen LogP contribution is 2.44. The minimum atomic E-state index is 0.188. The Kier molecular flexibility index (Phi) is 3.59. The zero-order valence-electron chi connectivity index (χ0n) is 14.0. The van der Waals surface area contributed by atoms with Crippen LogP contribution in [0.4, 0.5) is 5.69 Å². The minimum Gasteiger partial charge on any atom is -0.507 e. The molecule has 0 radical (unpaired) electrons. The highest BCUT2D eigenvalue weighted by atomic mass is 16.3. The molecule has 3 nitrogen and oxygen atoms in total. The van der Waals surface area contributed by atoms with Gasteiger partial charge in [0.15, 0.2) is 0 Å². The first-order chi connectivity index (χ1) is 10.8. The van der Waals surface area contributed by atoms with Crippen LogP contribution in [0.1, 0.15) is 31.9 Å². The van der Waals surface area contributed by atoms with Crippen LogP contribution in [0.25, 0.3) is 22.2 Å². The van der Waals surface area contributed by atoms with Crippen LogP contribution in [0.15, 0.2) is 36.9 Å². The summed E-state index contributed by atoms with van der Waals surface area (Å²) in [6.45, 7) is 10.4. The Morgan fingerprint density at radius 1 is 1.26 bits per heavy atom. The third-order valence-corrected chi connectivity index (χ3v) is 4.18. The maximum atomic E-state index is 10.5. The average molecular weight is 308 g/mol. The molecular weight excluding hydrogens is 284 g/mol. The van der Waals surface area contributed by atoms with Gasteiger partial charge in [0.2, 0.25) is 0 Å². The van der Waals surface area contributed by atoms with Crippen LogP contribution < -0.4 is 5.73 Å². The number of nitrogens with two attached hydrogens (primary N) is 1. The standard InChI is InChI=1S/C20H24N2O/c1-5-7-12-10-15-16(19(12)23)17(21)14-9-6-8-13(18(14)22-15)11-20(2,3)4/h5-6,8-10,22-23H,1,7,11,21H2,2-4H3. The summed E-state index contributed by atoms with van der Waals surface area (Å²) in [5.74, 6) is 0.261. The molecule has 0 saturated carbocycles. The van der Waals surface area contributed by atoms with Gasteiger partial charge in [-0.1, -0.05) is 45.0 Å². The molecule has 0 aromatic heterocycles. The van der Waals surface area contributed by atoms with Gasteiger partial charge in [0.1, 0.15) is 5.75 Å². The van der Waals surface area contributed by atoms with Gasteiger partial charge in [-0.15, -0.1) is 6.58 Å². The molecular formula is C20H24N2O. The molecule has 1 heterocycles. The van der Waals surface area contributed by atoms with Gasteiger partial charge in [0, 0.05) is 10.9 Å². The Morgan fingerprint density at radius 2 is 2.00 bits per heavy atom. The first-order valence-corrected chi connectivity index (χ1v) is 7.96. The zero-order chi connectivity index (χ0) is 16.8. The molecule has 23 heavy (non-hydrogen) atoms. The van der Waals surface area contributed by atoms with Gasteiger partial charge in [0.25, 0.3) is 0 Å². The van der Waals surface area contributed by atoms with Crippen molar-refractivity contribution in [3.8, 4) is 17.0 Å². The maximum Gasteiger partial charge on any atom is 0.130 e. The Morgan fingerprint density at radius 3 is 2.65 bits per heavy atom. The second kappa shape index (κ2) is 5.34. The van der Waals surface area contributed by atoms with Crippen LogP contribution in [0.5, 0.6) is 5.75 Å². The van der Waals surface area contributed by atoms with Crippen LogP contribution in [-0.2, 0) is 12.8 Å². The molecule has 0 saturated heterocycles. The molecule has 4 N–H and O–H groups in total. The molecule has 0 amide bonds. The van der Waals surface area contributed by atoms with E-state index in [4.69, 9.17) is 5.73 Å². The number of aromatic amines is 1. The summed E-state index contributed by atoms with van der Waals surface area (Å²) in [6, 6.07) is 8.15. The second-order valence-electron chi connectivity index (χ2n) is 7.42. The molecule has 3 rings (SSSR count). The number of aromatic nitrogens is 1. The van der Waals surface area contributed by atoms with Gasteiger partial charge in [-0.05, 0) is 29.9 Å². The lowest BCUT2D eigenvalue weighted by molar-refractivity contribution is 0.412. The van der Waals surface area contributed by atoms with Crippen molar-refractivity contribution < 1.29 is 5.11 Å². The summed E-state index contributed by atoms with van der Waals surface area (Å²) >= 11 is 0. The monoisotopic (exact) mass is 308 g/mol. The molecule has 1 aliphatic carbocycles. The van der Waals surface area contributed by atoms with E-state index in [9.17, 15) is 5.11 Å². The van der Waals surface area contributed by atoms with E-state index in [0.717, 1.165) is 28.6 Å². The van der Waals surface area contributed by atoms with E-state index >= 15 is 0 Å². The van der Waals surface area contributed by atoms with E-state index in [1.165, 1.54) is 5.56 Å². The lowest BCUT2D eigenvalue weighted by Crippen LogP contribution is -2.10. The number of para-hydroxylation sites is 1. The quantitative estimate of drug-likeness (QED) is 0.604. The Labute approximate surface area is 137 Å². The molecule has 2 aliphatic rings. The van der Waals surface area contributed by atoms with Crippen LogP contribution in [0.3, 0.4) is 0 Å². The summed E-state index contributed by atoms with van der Waals surface area (Å²) in [5, 5.41) is 11.4. The van der Waals surface area contributed by atoms with Gasteiger partial charge in [0.05, 0.1) is 22.5 Å². The SMILES string of the molecule is C=CCc1cc2[nH]c3c(CC(C)(C)C)cccc3c(N)c-2c1O. The molecule has 0 fully saturated rings. The summed E-state index contributed by atoms with van der Waals surface area (Å²) in [7, 11) is 0.